The number of nitrogens with one attached hydrogen (secondary N) is 1. The third-order valence-electron chi connectivity index (χ3n) is 3.96. The van der Waals surface area contributed by atoms with Crippen LogP contribution in [-0.4, -0.2) is 13.6 Å². The molecule has 0 saturated heterocycles. The molecule has 0 radical (unpaired) electrons. The molecule has 0 bridgehead atoms. The summed E-state index contributed by atoms with van der Waals surface area (Å²) >= 11 is 0. The summed E-state index contributed by atoms with van der Waals surface area (Å²) in [4.78, 5) is 4.48. The molecular weight excluding hydrogens is 284 g/mol. The van der Waals surface area contributed by atoms with E-state index in [9.17, 15) is 0 Å². The first-order valence-corrected chi connectivity index (χ1v) is 7.96. The Morgan fingerprint density at radius 2 is 2.04 bits per heavy atom. The first kappa shape index (κ1) is 15.3. The van der Waals surface area contributed by atoms with Gasteiger partial charge in [-0.25, -0.2) is 0 Å². The second-order valence-corrected chi connectivity index (χ2v) is 5.75. The van der Waals surface area contributed by atoms with Crippen molar-refractivity contribution in [3.63, 3.8) is 0 Å². The van der Waals surface area contributed by atoms with Gasteiger partial charge in [-0.1, -0.05) is 12.1 Å². The predicted octanol–water partition coefficient (Wildman–Crippen LogP) is 4.35. The average Bonchev–Trinajstić information content (AvgIpc) is 2.52. The molecule has 0 unspecified atom stereocenters. The summed E-state index contributed by atoms with van der Waals surface area (Å²) in [6, 6.07) is 12.5. The topological polar surface area (TPSA) is 37.5 Å². The van der Waals surface area contributed by atoms with Gasteiger partial charge < -0.3 is 9.73 Å². The summed E-state index contributed by atoms with van der Waals surface area (Å²) in [6.07, 6.45) is 2.03. The molecule has 2 aliphatic rings. The minimum absolute atomic E-state index is 0.768. The van der Waals surface area contributed by atoms with Crippen molar-refractivity contribution >= 4 is 16.5 Å². The lowest BCUT2D eigenvalue weighted by Gasteiger charge is -2.16. The van der Waals surface area contributed by atoms with Gasteiger partial charge >= 0.3 is 0 Å². The fourth-order valence-electron chi connectivity index (χ4n) is 2.98. The number of benzene rings is 2. The number of rotatable bonds is 3. The van der Waals surface area contributed by atoms with Gasteiger partial charge in [0.25, 0.3) is 0 Å². The van der Waals surface area contributed by atoms with Crippen LogP contribution in [0.25, 0.3) is 27.9 Å². The second kappa shape index (κ2) is 6.29. The van der Waals surface area contributed by atoms with E-state index in [1.165, 1.54) is 16.7 Å². The molecule has 1 aliphatic carbocycles. The molecule has 1 heterocycles. The van der Waals surface area contributed by atoms with Gasteiger partial charge in [-0.05, 0) is 56.3 Å². The monoisotopic (exact) mass is 306 g/mol. The molecule has 3 nitrogen and oxygen atoms in total. The minimum atomic E-state index is 0.768. The van der Waals surface area contributed by atoms with E-state index in [0.29, 0.717) is 0 Å². The molecule has 0 spiro atoms. The number of hydrogen-bond acceptors (Lipinski definition) is 3. The molecule has 1 aromatic carbocycles. The average molecular weight is 306 g/mol. The van der Waals surface area contributed by atoms with Crippen LogP contribution in [0.15, 0.2) is 52.0 Å². The Balaban J connectivity index is 2.44. The standard InChI is InChI=1S/C20H22N2O/c1-5-22-15-7-9-17-19(11-15)23-18-10-13(2)6-8-16(18)20(17)14(3)12-21-4/h6-12,21H,5H2,1-4H3. The van der Waals surface area contributed by atoms with Crippen LogP contribution in [-0.2, 0) is 0 Å². The Bertz CT molecular complexity index is 919. The van der Waals surface area contributed by atoms with Crippen LogP contribution in [0.4, 0.5) is 0 Å². The van der Waals surface area contributed by atoms with Crippen LogP contribution in [0.2, 0.25) is 0 Å². The Labute approximate surface area is 136 Å². The van der Waals surface area contributed by atoms with E-state index in [1.807, 2.05) is 26.2 Å². The van der Waals surface area contributed by atoms with Crippen molar-refractivity contribution < 1.29 is 4.42 Å². The Hall–Kier alpha value is -2.55. The molecule has 0 saturated carbocycles. The highest BCUT2D eigenvalue weighted by atomic mass is 16.3. The molecule has 0 atom stereocenters. The van der Waals surface area contributed by atoms with Crippen LogP contribution < -0.4 is 10.7 Å². The first-order chi connectivity index (χ1) is 11.1. The number of aryl methyl sites for hydroxylation is 1. The quantitative estimate of drug-likeness (QED) is 0.731. The van der Waals surface area contributed by atoms with Gasteiger partial charge in [0.1, 0.15) is 11.3 Å². The Morgan fingerprint density at radius 3 is 2.78 bits per heavy atom. The minimum Gasteiger partial charge on any atom is -0.456 e. The summed E-state index contributed by atoms with van der Waals surface area (Å²) in [5.74, 6) is 0.872. The summed E-state index contributed by atoms with van der Waals surface area (Å²) in [6.45, 7) is 7.01. The Morgan fingerprint density at radius 1 is 1.22 bits per heavy atom. The van der Waals surface area contributed by atoms with Crippen LogP contribution in [0.5, 0.6) is 0 Å². The number of allylic oxidation sites excluding steroid dienone is 1. The van der Waals surface area contributed by atoms with E-state index in [0.717, 1.165) is 34.2 Å². The third-order valence-corrected chi connectivity index (χ3v) is 3.96. The zero-order valence-corrected chi connectivity index (χ0v) is 14.1. The van der Waals surface area contributed by atoms with Gasteiger partial charge in [-0.3, -0.25) is 4.99 Å². The SMILES string of the molecule is CCN=c1ccc2c(C(C)=CNC)c3ccc(C)cc3oc-2c1. The summed E-state index contributed by atoms with van der Waals surface area (Å²) < 4.78 is 6.18. The highest BCUT2D eigenvalue weighted by Crippen LogP contribution is 2.36. The zero-order chi connectivity index (χ0) is 16.4. The number of hydrogen-bond donors (Lipinski definition) is 1. The smallest absolute Gasteiger partial charge is 0.137 e. The summed E-state index contributed by atoms with van der Waals surface area (Å²) in [5, 5.41) is 5.21. The zero-order valence-electron chi connectivity index (χ0n) is 14.1. The summed E-state index contributed by atoms with van der Waals surface area (Å²) in [7, 11) is 1.92. The van der Waals surface area contributed by atoms with E-state index >= 15 is 0 Å². The van der Waals surface area contributed by atoms with Crippen molar-refractivity contribution in [2.75, 3.05) is 13.6 Å². The fourth-order valence-corrected chi connectivity index (χ4v) is 2.98. The number of fused-ring (bicyclic) bond motifs is 2. The normalized spacial score (nSPS) is 13.0. The first-order valence-electron chi connectivity index (χ1n) is 7.96. The maximum Gasteiger partial charge on any atom is 0.137 e. The molecule has 1 aromatic rings. The van der Waals surface area contributed by atoms with Crippen molar-refractivity contribution in [3.8, 4) is 11.3 Å². The van der Waals surface area contributed by atoms with Crippen molar-refractivity contribution in [3.05, 3.63) is 59.1 Å². The van der Waals surface area contributed by atoms with Crippen LogP contribution in [0.3, 0.4) is 0 Å². The molecule has 3 heteroatoms. The summed E-state index contributed by atoms with van der Waals surface area (Å²) in [5.41, 5.74) is 5.60. The molecule has 3 rings (SSSR count). The highest BCUT2D eigenvalue weighted by molar-refractivity contribution is 5.97. The van der Waals surface area contributed by atoms with E-state index in [4.69, 9.17) is 4.42 Å². The fraction of sp³-hybridized carbons (Fsp3) is 0.250. The van der Waals surface area contributed by atoms with Crippen molar-refractivity contribution in [2.24, 2.45) is 4.99 Å². The van der Waals surface area contributed by atoms with E-state index in [1.54, 1.807) is 0 Å². The largest absolute Gasteiger partial charge is 0.456 e. The van der Waals surface area contributed by atoms with Gasteiger partial charge in [-0.2, -0.15) is 0 Å². The lowest BCUT2D eigenvalue weighted by molar-refractivity contribution is 0.617. The van der Waals surface area contributed by atoms with Gasteiger partial charge in [0.15, 0.2) is 0 Å². The molecular formula is C20H22N2O. The van der Waals surface area contributed by atoms with Crippen molar-refractivity contribution in [1.29, 1.82) is 0 Å². The van der Waals surface area contributed by atoms with Crippen LogP contribution >= 0.6 is 0 Å². The van der Waals surface area contributed by atoms with E-state index in [-0.39, 0.29) is 0 Å². The van der Waals surface area contributed by atoms with E-state index in [2.05, 4.69) is 54.5 Å². The third kappa shape index (κ3) is 2.87. The lowest BCUT2D eigenvalue weighted by atomic mass is 9.94. The predicted molar refractivity (Wildman–Crippen MR) is 96.4 cm³/mol. The molecule has 1 N–H and O–H groups in total. The maximum atomic E-state index is 6.18. The molecule has 0 fully saturated rings. The van der Waals surface area contributed by atoms with Crippen LogP contribution in [0.1, 0.15) is 25.0 Å². The molecule has 118 valence electrons. The molecule has 1 aliphatic heterocycles. The van der Waals surface area contributed by atoms with Crippen molar-refractivity contribution in [2.45, 2.75) is 20.8 Å². The molecule has 23 heavy (non-hydrogen) atoms. The lowest BCUT2D eigenvalue weighted by Crippen LogP contribution is -2.04. The second-order valence-electron chi connectivity index (χ2n) is 5.75. The molecule has 0 aromatic heterocycles. The maximum absolute atomic E-state index is 6.18. The van der Waals surface area contributed by atoms with Crippen LogP contribution in [0, 0.1) is 6.92 Å². The van der Waals surface area contributed by atoms with Gasteiger partial charge in [-0.15, -0.1) is 0 Å². The van der Waals surface area contributed by atoms with Gasteiger partial charge in [0, 0.05) is 36.2 Å². The Kier molecular flexibility index (Phi) is 4.20. The van der Waals surface area contributed by atoms with Crippen molar-refractivity contribution in [1.82, 2.24) is 5.32 Å². The van der Waals surface area contributed by atoms with E-state index < -0.39 is 0 Å². The highest BCUT2D eigenvalue weighted by Gasteiger charge is 2.16. The molecule has 0 amide bonds. The van der Waals surface area contributed by atoms with Gasteiger partial charge in [0.2, 0.25) is 0 Å². The number of nitrogens with zero attached hydrogens (tertiary/aromatic N) is 1. The van der Waals surface area contributed by atoms with Gasteiger partial charge in [0.05, 0.1) is 5.36 Å².